The first-order valence-corrected chi connectivity index (χ1v) is 7.70. The van der Waals surface area contributed by atoms with Crippen LogP contribution >= 0.6 is 11.8 Å². The van der Waals surface area contributed by atoms with Gasteiger partial charge >= 0.3 is 11.9 Å². The van der Waals surface area contributed by atoms with Crippen molar-refractivity contribution in [3.8, 4) is 0 Å². The Hall–Kier alpha value is -0.710. The van der Waals surface area contributed by atoms with Gasteiger partial charge in [0.2, 0.25) is 0 Å². The van der Waals surface area contributed by atoms with Crippen LogP contribution in [0.5, 0.6) is 0 Å². The van der Waals surface area contributed by atoms with Gasteiger partial charge in [-0.2, -0.15) is 0 Å². The van der Waals surface area contributed by atoms with Crippen molar-refractivity contribution in [3.63, 3.8) is 0 Å². The van der Waals surface area contributed by atoms with Gasteiger partial charge in [-0.25, -0.2) is 0 Å². The van der Waals surface area contributed by atoms with Crippen molar-refractivity contribution in [2.24, 2.45) is 11.8 Å². The molecule has 0 fully saturated rings. The summed E-state index contributed by atoms with van der Waals surface area (Å²) in [4.78, 5) is 23.6. The summed E-state index contributed by atoms with van der Waals surface area (Å²) in [6.45, 7) is 11.2. The molecule has 19 heavy (non-hydrogen) atoms. The molecule has 0 saturated carbocycles. The molecule has 0 unspecified atom stereocenters. The first-order valence-electron chi connectivity index (χ1n) is 6.65. The van der Waals surface area contributed by atoms with Crippen molar-refractivity contribution >= 4 is 23.7 Å². The van der Waals surface area contributed by atoms with E-state index in [0.717, 1.165) is 0 Å². The Bertz CT molecular complexity index is 307. The van der Waals surface area contributed by atoms with Crippen molar-refractivity contribution in [2.75, 3.05) is 5.75 Å². The van der Waals surface area contributed by atoms with Gasteiger partial charge in [0.1, 0.15) is 10.9 Å². The Labute approximate surface area is 120 Å². The fourth-order valence-electron chi connectivity index (χ4n) is 1.75. The Morgan fingerprint density at radius 3 is 2.11 bits per heavy atom. The Morgan fingerprint density at radius 1 is 1.26 bits per heavy atom. The molecule has 0 radical (unpaired) electrons. The zero-order valence-corrected chi connectivity index (χ0v) is 13.5. The van der Waals surface area contributed by atoms with Gasteiger partial charge in [0.05, 0.1) is 5.92 Å². The maximum absolute atomic E-state index is 12.2. The van der Waals surface area contributed by atoms with E-state index in [1.165, 1.54) is 11.8 Å². The molecule has 4 nitrogen and oxygen atoms in total. The SMILES string of the molecule is CCS[C@H](C(=O)OC(C)(C)C)[C@@H](CC(C)C)C(=O)O. The van der Waals surface area contributed by atoms with Crippen LogP contribution in [0.4, 0.5) is 0 Å². The highest BCUT2D eigenvalue weighted by atomic mass is 32.2. The van der Waals surface area contributed by atoms with Gasteiger partial charge in [-0.15, -0.1) is 11.8 Å². The number of esters is 1. The lowest BCUT2D eigenvalue weighted by Gasteiger charge is -2.27. The molecule has 0 rings (SSSR count). The van der Waals surface area contributed by atoms with E-state index >= 15 is 0 Å². The van der Waals surface area contributed by atoms with Crippen LogP contribution in [-0.4, -0.2) is 33.6 Å². The number of carbonyl (C=O) groups excluding carboxylic acids is 1. The van der Waals surface area contributed by atoms with E-state index in [4.69, 9.17) is 4.74 Å². The van der Waals surface area contributed by atoms with Crippen LogP contribution in [0.3, 0.4) is 0 Å². The highest BCUT2D eigenvalue weighted by Crippen LogP contribution is 2.28. The van der Waals surface area contributed by atoms with Crippen molar-refractivity contribution < 1.29 is 19.4 Å². The number of carboxylic acid groups (broad SMARTS) is 1. The van der Waals surface area contributed by atoms with E-state index < -0.39 is 28.7 Å². The molecule has 0 bridgehead atoms. The Kier molecular flexibility index (Phi) is 7.49. The second kappa shape index (κ2) is 7.78. The molecule has 0 aromatic carbocycles. The van der Waals surface area contributed by atoms with Crippen molar-refractivity contribution in [3.05, 3.63) is 0 Å². The van der Waals surface area contributed by atoms with Gasteiger partial charge in [0, 0.05) is 0 Å². The van der Waals surface area contributed by atoms with Crippen LogP contribution in [0.25, 0.3) is 0 Å². The summed E-state index contributed by atoms with van der Waals surface area (Å²) >= 11 is 1.35. The molecule has 0 amide bonds. The van der Waals surface area contributed by atoms with Crippen LogP contribution < -0.4 is 0 Å². The van der Waals surface area contributed by atoms with Gasteiger partial charge in [-0.05, 0) is 38.9 Å². The minimum absolute atomic E-state index is 0.225. The lowest BCUT2D eigenvalue weighted by molar-refractivity contribution is -0.159. The number of ether oxygens (including phenoxy) is 1. The third-order valence-corrected chi connectivity index (χ3v) is 3.61. The predicted octanol–water partition coefficient (Wildman–Crippen LogP) is 3.20. The molecule has 0 aliphatic carbocycles. The van der Waals surface area contributed by atoms with Crippen LogP contribution in [0.1, 0.15) is 48.0 Å². The number of rotatable bonds is 7. The number of thioether (sulfide) groups is 1. The van der Waals surface area contributed by atoms with Crippen LogP contribution in [0.15, 0.2) is 0 Å². The smallest absolute Gasteiger partial charge is 0.320 e. The molecule has 1 N–H and O–H groups in total. The second-order valence-electron chi connectivity index (χ2n) is 5.98. The summed E-state index contributed by atoms with van der Waals surface area (Å²) < 4.78 is 5.34. The number of hydrogen-bond donors (Lipinski definition) is 1. The highest BCUT2D eigenvalue weighted by Gasteiger charge is 2.36. The summed E-state index contributed by atoms with van der Waals surface area (Å²) in [5.41, 5.74) is -0.593. The quantitative estimate of drug-likeness (QED) is 0.729. The molecule has 0 spiro atoms. The maximum atomic E-state index is 12.2. The zero-order chi connectivity index (χ0) is 15.2. The minimum atomic E-state index is -0.925. The lowest BCUT2D eigenvalue weighted by atomic mass is 9.94. The maximum Gasteiger partial charge on any atom is 0.320 e. The lowest BCUT2D eigenvalue weighted by Crippen LogP contribution is -2.38. The number of aliphatic carboxylic acids is 1. The zero-order valence-electron chi connectivity index (χ0n) is 12.7. The third kappa shape index (κ3) is 7.45. The van der Waals surface area contributed by atoms with Gasteiger partial charge in [0.15, 0.2) is 0 Å². The van der Waals surface area contributed by atoms with Crippen molar-refractivity contribution in [1.82, 2.24) is 0 Å². The van der Waals surface area contributed by atoms with Gasteiger partial charge < -0.3 is 9.84 Å². The predicted molar refractivity (Wildman–Crippen MR) is 78.3 cm³/mol. The fourth-order valence-corrected chi connectivity index (χ4v) is 2.75. The third-order valence-electron chi connectivity index (χ3n) is 2.39. The topological polar surface area (TPSA) is 63.6 Å². The van der Waals surface area contributed by atoms with E-state index in [1.54, 1.807) is 20.8 Å². The Morgan fingerprint density at radius 2 is 1.79 bits per heavy atom. The highest BCUT2D eigenvalue weighted by molar-refractivity contribution is 8.00. The monoisotopic (exact) mass is 290 g/mol. The first-order chi connectivity index (χ1) is 8.58. The molecule has 0 aliphatic heterocycles. The number of carboxylic acids is 1. The van der Waals surface area contributed by atoms with Gasteiger partial charge in [-0.1, -0.05) is 20.8 Å². The minimum Gasteiger partial charge on any atom is -0.481 e. The molecule has 0 aliphatic rings. The van der Waals surface area contributed by atoms with Crippen molar-refractivity contribution in [1.29, 1.82) is 0 Å². The fraction of sp³-hybridized carbons (Fsp3) is 0.857. The molecule has 0 aromatic heterocycles. The van der Waals surface area contributed by atoms with Crippen LogP contribution in [-0.2, 0) is 14.3 Å². The van der Waals surface area contributed by atoms with E-state index in [9.17, 15) is 14.7 Å². The summed E-state index contributed by atoms with van der Waals surface area (Å²) in [6, 6.07) is 0. The molecule has 0 aromatic rings. The molecule has 0 heterocycles. The standard InChI is InChI=1S/C14H26O4S/c1-7-19-11(13(17)18-14(4,5)6)10(12(15)16)8-9(2)3/h9-11H,7-8H2,1-6H3,(H,15,16)/t10-,11+/m1/s1. The van der Waals surface area contributed by atoms with E-state index in [2.05, 4.69) is 0 Å². The molecule has 5 heteroatoms. The van der Waals surface area contributed by atoms with Crippen LogP contribution in [0.2, 0.25) is 0 Å². The number of hydrogen-bond acceptors (Lipinski definition) is 4. The van der Waals surface area contributed by atoms with E-state index in [1.807, 2.05) is 20.8 Å². The number of carbonyl (C=O) groups is 2. The molecular formula is C14H26O4S. The molecule has 112 valence electrons. The van der Waals surface area contributed by atoms with Crippen molar-refractivity contribution in [2.45, 2.75) is 58.8 Å². The summed E-state index contributed by atoms with van der Waals surface area (Å²) in [7, 11) is 0. The molecule has 0 saturated heterocycles. The largest absolute Gasteiger partial charge is 0.481 e. The van der Waals surface area contributed by atoms with Gasteiger partial charge in [-0.3, -0.25) is 9.59 Å². The summed E-state index contributed by atoms with van der Waals surface area (Å²) in [6.07, 6.45) is 0.478. The van der Waals surface area contributed by atoms with E-state index in [0.29, 0.717) is 12.2 Å². The summed E-state index contributed by atoms with van der Waals surface area (Å²) in [5, 5.41) is 8.71. The second-order valence-corrected chi connectivity index (χ2v) is 7.40. The van der Waals surface area contributed by atoms with E-state index in [-0.39, 0.29) is 5.92 Å². The van der Waals surface area contributed by atoms with Gasteiger partial charge in [0.25, 0.3) is 0 Å². The molecular weight excluding hydrogens is 264 g/mol. The normalized spacial score (nSPS) is 15.1. The summed E-state index contributed by atoms with van der Waals surface area (Å²) in [5.74, 6) is -1.13. The molecule has 2 atom stereocenters. The first kappa shape index (κ1) is 18.3. The van der Waals surface area contributed by atoms with Crippen LogP contribution in [0, 0.1) is 11.8 Å². The average molecular weight is 290 g/mol. The average Bonchev–Trinajstić information content (AvgIpc) is 2.19. The Balaban J connectivity index is 5.02.